The van der Waals surface area contributed by atoms with Crippen molar-refractivity contribution in [3.05, 3.63) is 59.3 Å². The van der Waals surface area contributed by atoms with Gasteiger partial charge in [-0.2, -0.15) is 0 Å². The zero-order chi connectivity index (χ0) is 27.7. The molecule has 2 saturated carbocycles. The fraction of sp³-hybridized carbons (Fsp3) is 0.448. The maximum atomic E-state index is 14.0. The summed E-state index contributed by atoms with van der Waals surface area (Å²) in [4.78, 5) is 38.7. The number of amides is 1. The van der Waals surface area contributed by atoms with Crippen LogP contribution in [-0.4, -0.2) is 56.8 Å². The molecule has 1 aliphatic heterocycles. The number of nitrogens with zero attached hydrogens (tertiary/aromatic N) is 6. The SMILES string of the molecule is C=C(N=C1C(=C(C)C)NC(=NCc2ccc(SC)nc2)C(=O)N1C(C)C1CC1)c1c(OC)ncnc1C1CC1. The summed E-state index contributed by atoms with van der Waals surface area (Å²) in [6, 6.07) is 3.92. The van der Waals surface area contributed by atoms with Crippen molar-refractivity contribution < 1.29 is 9.53 Å². The number of pyridine rings is 1. The van der Waals surface area contributed by atoms with Crippen LogP contribution in [0.3, 0.4) is 0 Å². The molecule has 3 aliphatic rings. The summed E-state index contributed by atoms with van der Waals surface area (Å²) in [5, 5.41) is 4.25. The highest BCUT2D eigenvalue weighted by Crippen LogP contribution is 2.44. The minimum absolute atomic E-state index is 0.0370. The molecule has 3 heterocycles. The van der Waals surface area contributed by atoms with Crippen LogP contribution in [0.1, 0.15) is 69.2 Å². The van der Waals surface area contributed by atoms with Gasteiger partial charge in [-0.05, 0) is 75.8 Å². The van der Waals surface area contributed by atoms with Crippen LogP contribution in [0.5, 0.6) is 5.88 Å². The van der Waals surface area contributed by atoms with Gasteiger partial charge in [-0.3, -0.25) is 14.7 Å². The Morgan fingerprint density at radius 3 is 2.59 bits per heavy atom. The first-order valence-electron chi connectivity index (χ1n) is 13.3. The van der Waals surface area contributed by atoms with Gasteiger partial charge in [0.05, 0.1) is 41.3 Å². The lowest BCUT2D eigenvalue weighted by Crippen LogP contribution is -2.58. The number of ether oxygens (including phenoxy) is 1. The summed E-state index contributed by atoms with van der Waals surface area (Å²) in [6.45, 7) is 10.7. The quantitative estimate of drug-likeness (QED) is 0.444. The molecule has 3 fully saturated rings. The molecule has 10 heteroatoms. The van der Waals surface area contributed by atoms with Gasteiger partial charge in [0.2, 0.25) is 5.88 Å². The maximum Gasteiger partial charge on any atom is 0.295 e. The molecule has 2 aliphatic carbocycles. The Morgan fingerprint density at radius 2 is 2.00 bits per heavy atom. The number of hydrogen-bond acceptors (Lipinski definition) is 8. The standard InChI is InChI=1S/C29H35N7O2S/c1-16(2)24-27(34-17(3)23-25(21-10-11-21)32-15-33-28(23)38-5)36(18(4)20-8-9-20)29(37)26(35-24)31-14-19-7-12-22(39-6)30-13-19/h7,12-13,15,18,20-21H,3,8-11,14H2,1-2,4-6H3,(H,31,35). The Labute approximate surface area is 234 Å². The van der Waals surface area contributed by atoms with Crippen molar-refractivity contribution in [1.29, 1.82) is 0 Å². The molecule has 1 saturated heterocycles. The normalized spacial score (nSPS) is 20.3. The van der Waals surface area contributed by atoms with Gasteiger partial charge in [-0.25, -0.2) is 19.9 Å². The fourth-order valence-corrected chi connectivity index (χ4v) is 5.11. The van der Waals surface area contributed by atoms with Gasteiger partial charge in [0.15, 0.2) is 11.7 Å². The number of methoxy groups -OCH3 is 1. The second-order valence-corrected chi connectivity index (χ2v) is 11.3. The molecule has 0 spiro atoms. The van der Waals surface area contributed by atoms with Gasteiger partial charge in [0.25, 0.3) is 5.91 Å². The van der Waals surface area contributed by atoms with E-state index >= 15 is 0 Å². The number of allylic oxidation sites excluding steroid dienone is 1. The molecule has 2 aromatic heterocycles. The molecule has 2 aromatic rings. The number of carbonyl (C=O) groups is 1. The Hall–Kier alpha value is -3.53. The van der Waals surface area contributed by atoms with E-state index in [1.807, 2.05) is 32.2 Å². The summed E-state index contributed by atoms with van der Waals surface area (Å²) >= 11 is 1.59. The molecule has 39 heavy (non-hydrogen) atoms. The van der Waals surface area contributed by atoms with E-state index in [1.54, 1.807) is 30.0 Å². The van der Waals surface area contributed by atoms with Gasteiger partial charge in [0.1, 0.15) is 6.33 Å². The summed E-state index contributed by atoms with van der Waals surface area (Å²) in [5.41, 5.74) is 4.75. The molecule has 0 radical (unpaired) electrons. The Kier molecular flexibility index (Phi) is 7.83. The second kappa shape index (κ2) is 11.3. The van der Waals surface area contributed by atoms with Gasteiger partial charge < -0.3 is 10.1 Å². The zero-order valence-corrected chi connectivity index (χ0v) is 24.0. The monoisotopic (exact) mass is 545 g/mol. The largest absolute Gasteiger partial charge is 0.480 e. The number of carbonyl (C=O) groups excluding carboxylic acids is 1. The maximum absolute atomic E-state index is 14.0. The Morgan fingerprint density at radius 1 is 1.23 bits per heavy atom. The van der Waals surface area contributed by atoms with Crippen molar-refractivity contribution in [2.45, 2.75) is 70.0 Å². The van der Waals surface area contributed by atoms with E-state index in [1.165, 1.54) is 6.33 Å². The Balaban J connectivity index is 1.53. The third-order valence-corrected chi connectivity index (χ3v) is 7.94. The van der Waals surface area contributed by atoms with E-state index in [0.29, 0.717) is 47.2 Å². The molecular weight excluding hydrogens is 510 g/mol. The van der Waals surface area contributed by atoms with Crippen LogP contribution in [0.25, 0.3) is 5.70 Å². The molecule has 1 N–H and O–H groups in total. The highest BCUT2D eigenvalue weighted by atomic mass is 32.2. The van der Waals surface area contributed by atoms with Crippen molar-refractivity contribution in [3.63, 3.8) is 0 Å². The molecule has 0 aromatic carbocycles. The van der Waals surface area contributed by atoms with Crippen LogP contribution in [0.15, 0.2) is 57.5 Å². The summed E-state index contributed by atoms with van der Waals surface area (Å²) in [5.74, 6) is 1.87. The molecule has 0 bridgehead atoms. The molecule has 5 rings (SSSR count). The first kappa shape index (κ1) is 27.1. The number of amidine groups is 2. The van der Waals surface area contributed by atoms with Gasteiger partial charge in [0, 0.05) is 18.2 Å². The lowest BCUT2D eigenvalue weighted by Gasteiger charge is -2.37. The number of piperazine rings is 1. The van der Waals surface area contributed by atoms with E-state index in [2.05, 4.69) is 33.8 Å². The topological polar surface area (TPSA) is 105 Å². The van der Waals surface area contributed by atoms with Crippen molar-refractivity contribution in [2.75, 3.05) is 13.4 Å². The first-order valence-corrected chi connectivity index (χ1v) is 14.5. The first-order chi connectivity index (χ1) is 18.8. The number of aromatic nitrogens is 3. The minimum atomic E-state index is -0.196. The Bertz CT molecular complexity index is 1370. The third-order valence-electron chi connectivity index (χ3n) is 7.28. The van der Waals surface area contributed by atoms with Crippen molar-refractivity contribution >= 4 is 35.0 Å². The summed E-state index contributed by atoms with van der Waals surface area (Å²) in [7, 11) is 1.59. The van der Waals surface area contributed by atoms with Crippen LogP contribution in [0.4, 0.5) is 0 Å². The van der Waals surface area contributed by atoms with E-state index in [9.17, 15) is 4.79 Å². The van der Waals surface area contributed by atoms with E-state index in [0.717, 1.165) is 53.2 Å². The molecular formula is C29H35N7O2S. The number of aliphatic imine (C=N–C) groups is 2. The number of nitrogens with one attached hydrogen (secondary N) is 1. The number of thioether (sulfide) groups is 1. The molecule has 1 amide bonds. The molecule has 1 unspecified atom stereocenters. The average Bonchev–Trinajstić information content (AvgIpc) is 3.85. The van der Waals surface area contributed by atoms with Crippen LogP contribution in [0.2, 0.25) is 0 Å². The molecule has 9 nitrogen and oxygen atoms in total. The van der Waals surface area contributed by atoms with Gasteiger partial charge in [-0.1, -0.05) is 12.6 Å². The smallest absolute Gasteiger partial charge is 0.295 e. The fourth-order valence-electron chi connectivity index (χ4n) is 4.75. The van der Waals surface area contributed by atoms with E-state index < -0.39 is 0 Å². The predicted molar refractivity (Wildman–Crippen MR) is 155 cm³/mol. The van der Waals surface area contributed by atoms with E-state index in [-0.39, 0.29) is 11.9 Å². The number of rotatable bonds is 9. The lowest BCUT2D eigenvalue weighted by molar-refractivity contribution is -0.122. The van der Waals surface area contributed by atoms with Crippen LogP contribution >= 0.6 is 11.8 Å². The van der Waals surface area contributed by atoms with Crippen LogP contribution in [-0.2, 0) is 11.3 Å². The second-order valence-electron chi connectivity index (χ2n) is 10.4. The minimum Gasteiger partial charge on any atom is -0.480 e. The predicted octanol–water partition coefficient (Wildman–Crippen LogP) is 4.97. The zero-order valence-electron chi connectivity index (χ0n) is 23.2. The van der Waals surface area contributed by atoms with Crippen LogP contribution < -0.4 is 10.1 Å². The van der Waals surface area contributed by atoms with Gasteiger partial charge >= 0.3 is 0 Å². The van der Waals surface area contributed by atoms with Crippen molar-refractivity contribution in [2.24, 2.45) is 15.9 Å². The van der Waals surface area contributed by atoms with Gasteiger partial charge in [-0.15, -0.1) is 11.8 Å². The van der Waals surface area contributed by atoms with Crippen LogP contribution in [0, 0.1) is 5.92 Å². The number of hydrogen-bond donors (Lipinski definition) is 1. The molecule has 1 atom stereocenters. The van der Waals surface area contributed by atoms with Crippen molar-refractivity contribution in [1.82, 2.24) is 25.2 Å². The van der Waals surface area contributed by atoms with Crippen molar-refractivity contribution in [3.8, 4) is 5.88 Å². The molecule has 204 valence electrons. The summed E-state index contributed by atoms with van der Waals surface area (Å²) < 4.78 is 5.58. The van der Waals surface area contributed by atoms with E-state index in [4.69, 9.17) is 14.7 Å². The lowest BCUT2D eigenvalue weighted by atomic mass is 10.1. The highest BCUT2D eigenvalue weighted by Gasteiger charge is 2.42. The average molecular weight is 546 g/mol. The highest BCUT2D eigenvalue weighted by molar-refractivity contribution is 7.98. The third kappa shape index (κ3) is 5.75. The summed E-state index contributed by atoms with van der Waals surface area (Å²) in [6.07, 6.45) is 9.63.